The third-order valence-electron chi connectivity index (χ3n) is 4.23. The molecular weight excluding hydrogens is 341 g/mol. The molecular formula is C18H14FN3O2S. The number of H-pyrrole nitrogens is 1. The van der Waals surface area contributed by atoms with Crippen molar-refractivity contribution in [3.63, 3.8) is 0 Å². The number of fused-ring (bicyclic) bond motifs is 2. The van der Waals surface area contributed by atoms with E-state index in [1.807, 2.05) is 6.92 Å². The Morgan fingerprint density at radius 1 is 1.28 bits per heavy atom. The number of aryl methyl sites for hydroxylation is 1. The Kier molecular flexibility index (Phi) is 3.82. The van der Waals surface area contributed by atoms with Gasteiger partial charge in [-0.3, -0.25) is 4.98 Å². The molecule has 1 aliphatic rings. The molecule has 0 aliphatic carbocycles. The van der Waals surface area contributed by atoms with E-state index in [0.717, 1.165) is 16.8 Å². The van der Waals surface area contributed by atoms with Crippen molar-refractivity contribution >= 4 is 12.2 Å². The number of aromatic amines is 1. The van der Waals surface area contributed by atoms with Gasteiger partial charge in [0.25, 0.3) is 0 Å². The molecule has 4 rings (SSSR count). The average Bonchev–Trinajstić information content (AvgIpc) is 2.62. The van der Waals surface area contributed by atoms with E-state index < -0.39 is 0 Å². The van der Waals surface area contributed by atoms with Gasteiger partial charge in [-0.15, -0.1) is 0 Å². The van der Waals surface area contributed by atoms with Crippen molar-refractivity contribution in [2.24, 2.45) is 0 Å². The number of aliphatic hydroxyl groups excluding tert-OH is 1. The number of pyridine rings is 1. The minimum Gasteiger partial charge on any atom is -0.438 e. The highest BCUT2D eigenvalue weighted by atomic mass is 32.1. The second-order valence-electron chi connectivity index (χ2n) is 5.82. The molecule has 0 unspecified atom stereocenters. The highest BCUT2D eigenvalue weighted by Crippen LogP contribution is 2.39. The molecule has 3 heterocycles. The van der Waals surface area contributed by atoms with Crippen molar-refractivity contribution in [1.82, 2.24) is 15.0 Å². The van der Waals surface area contributed by atoms with Crippen molar-refractivity contribution in [3.8, 4) is 23.0 Å². The first kappa shape index (κ1) is 15.9. The maximum atomic E-state index is 13.1. The number of rotatable bonds is 2. The van der Waals surface area contributed by atoms with E-state index in [4.69, 9.17) is 17.0 Å². The van der Waals surface area contributed by atoms with Crippen molar-refractivity contribution in [2.45, 2.75) is 20.0 Å². The van der Waals surface area contributed by atoms with Gasteiger partial charge in [-0.25, -0.2) is 9.37 Å². The number of hydrogen-bond donors (Lipinski definition) is 2. The van der Waals surface area contributed by atoms with Crippen LogP contribution in [0, 0.1) is 17.4 Å². The van der Waals surface area contributed by atoms with Gasteiger partial charge in [-0.2, -0.15) is 0 Å². The zero-order valence-electron chi connectivity index (χ0n) is 13.3. The summed E-state index contributed by atoms with van der Waals surface area (Å²) >= 11 is 5.43. The van der Waals surface area contributed by atoms with Crippen LogP contribution < -0.4 is 4.74 Å². The summed E-state index contributed by atoms with van der Waals surface area (Å²) in [7, 11) is 0. The number of nitrogens with one attached hydrogen (secondary N) is 1. The number of aromatic nitrogens is 3. The van der Waals surface area contributed by atoms with Gasteiger partial charge in [0.1, 0.15) is 16.3 Å². The van der Waals surface area contributed by atoms with E-state index in [-0.39, 0.29) is 12.4 Å². The summed E-state index contributed by atoms with van der Waals surface area (Å²) in [6, 6.07) is 5.99. The maximum absolute atomic E-state index is 13.1. The van der Waals surface area contributed by atoms with Crippen LogP contribution in [0.25, 0.3) is 11.4 Å². The van der Waals surface area contributed by atoms with E-state index in [9.17, 15) is 9.50 Å². The Labute approximate surface area is 148 Å². The van der Waals surface area contributed by atoms with E-state index in [1.165, 1.54) is 12.1 Å². The van der Waals surface area contributed by atoms with Crippen LogP contribution in [0.5, 0.6) is 11.6 Å². The number of ether oxygens (including phenoxy) is 1. The van der Waals surface area contributed by atoms with Gasteiger partial charge in [0.15, 0.2) is 5.75 Å². The fraction of sp³-hybridized carbons (Fsp3) is 0.167. The summed E-state index contributed by atoms with van der Waals surface area (Å²) in [5.41, 5.74) is 3.79. The predicted octanol–water partition coefficient (Wildman–Crippen LogP) is 3.84. The number of hydrogen-bond acceptors (Lipinski definition) is 5. The number of nitrogens with zero attached hydrogens (tertiary/aromatic N) is 2. The molecule has 0 atom stereocenters. The SMILES string of the molecule is Cc1ncc(CO)c2c1Oc1[nH]c(-c3ccc(F)cc3)nc(=S)c1C2. The second-order valence-corrected chi connectivity index (χ2v) is 6.21. The summed E-state index contributed by atoms with van der Waals surface area (Å²) < 4.78 is 19.6. The molecule has 3 aromatic rings. The van der Waals surface area contributed by atoms with E-state index in [0.29, 0.717) is 39.6 Å². The molecule has 7 heteroatoms. The minimum atomic E-state index is -0.316. The molecule has 0 amide bonds. The van der Waals surface area contributed by atoms with Gasteiger partial charge in [0.2, 0.25) is 5.88 Å². The van der Waals surface area contributed by atoms with E-state index >= 15 is 0 Å². The lowest BCUT2D eigenvalue weighted by atomic mass is 9.99. The Bertz CT molecular complexity index is 1030. The van der Waals surface area contributed by atoms with Crippen LogP contribution in [0.3, 0.4) is 0 Å². The minimum absolute atomic E-state index is 0.119. The highest BCUT2D eigenvalue weighted by Gasteiger charge is 2.25. The second kappa shape index (κ2) is 6.02. The lowest BCUT2D eigenvalue weighted by molar-refractivity contribution is 0.278. The summed E-state index contributed by atoms with van der Waals surface area (Å²) in [6.07, 6.45) is 2.16. The first-order valence-electron chi connectivity index (χ1n) is 7.72. The molecule has 1 aliphatic heterocycles. The molecule has 2 N–H and O–H groups in total. The zero-order chi connectivity index (χ0) is 17.6. The van der Waals surface area contributed by atoms with Crippen LogP contribution >= 0.6 is 12.2 Å². The lowest BCUT2D eigenvalue weighted by Crippen LogP contribution is -2.12. The third kappa shape index (κ3) is 2.71. The Morgan fingerprint density at radius 2 is 2.04 bits per heavy atom. The van der Waals surface area contributed by atoms with Crippen molar-refractivity contribution < 1.29 is 14.2 Å². The van der Waals surface area contributed by atoms with Crippen LogP contribution in [0.4, 0.5) is 4.39 Å². The third-order valence-corrected chi connectivity index (χ3v) is 4.57. The molecule has 126 valence electrons. The van der Waals surface area contributed by atoms with Gasteiger partial charge >= 0.3 is 0 Å². The first-order chi connectivity index (χ1) is 12.1. The number of halogens is 1. The lowest BCUT2D eigenvalue weighted by Gasteiger charge is -2.23. The number of benzene rings is 1. The molecule has 2 aromatic heterocycles. The van der Waals surface area contributed by atoms with Crippen molar-refractivity contribution in [3.05, 3.63) is 63.3 Å². The van der Waals surface area contributed by atoms with E-state index in [2.05, 4.69) is 15.0 Å². The Morgan fingerprint density at radius 3 is 2.76 bits per heavy atom. The monoisotopic (exact) mass is 355 g/mol. The largest absolute Gasteiger partial charge is 0.438 e. The van der Waals surface area contributed by atoms with Gasteiger partial charge < -0.3 is 14.8 Å². The van der Waals surface area contributed by atoms with E-state index in [1.54, 1.807) is 18.3 Å². The molecule has 0 radical (unpaired) electrons. The van der Waals surface area contributed by atoms with Crippen LogP contribution in [-0.2, 0) is 13.0 Å². The average molecular weight is 355 g/mol. The topological polar surface area (TPSA) is 71.0 Å². The van der Waals surface area contributed by atoms with Gasteiger partial charge in [-0.05, 0) is 31.2 Å². The molecule has 0 saturated carbocycles. The summed E-state index contributed by atoms with van der Waals surface area (Å²) in [5.74, 6) is 1.33. The quantitative estimate of drug-likeness (QED) is 0.535. The maximum Gasteiger partial charge on any atom is 0.205 e. The molecule has 0 bridgehead atoms. The van der Waals surface area contributed by atoms with Gasteiger partial charge in [0.05, 0.1) is 17.9 Å². The highest BCUT2D eigenvalue weighted by molar-refractivity contribution is 7.71. The molecule has 25 heavy (non-hydrogen) atoms. The van der Waals surface area contributed by atoms with Crippen LogP contribution in [0.1, 0.15) is 22.4 Å². The number of aliphatic hydroxyl groups is 1. The molecule has 1 aromatic carbocycles. The first-order valence-corrected chi connectivity index (χ1v) is 8.13. The molecule has 0 spiro atoms. The fourth-order valence-corrected chi connectivity index (χ4v) is 3.14. The standard InChI is InChI=1S/C18H14FN3O2S/c1-9-15-13(11(8-23)7-20-9)6-14-17(24-15)21-16(22-18(14)25)10-2-4-12(19)5-3-10/h2-5,7,23H,6,8H2,1H3,(H,21,22,25). The molecule has 0 fully saturated rings. The van der Waals surface area contributed by atoms with Crippen molar-refractivity contribution in [1.29, 1.82) is 0 Å². The van der Waals surface area contributed by atoms with Crippen LogP contribution in [0.15, 0.2) is 30.5 Å². The summed E-state index contributed by atoms with van der Waals surface area (Å²) in [5, 5.41) is 9.54. The smallest absolute Gasteiger partial charge is 0.205 e. The zero-order valence-corrected chi connectivity index (χ0v) is 14.2. The van der Waals surface area contributed by atoms with Gasteiger partial charge in [0, 0.05) is 29.3 Å². The summed E-state index contributed by atoms with van der Waals surface area (Å²) in [6.45, 7) is 1.73. The van der Waals surface area contributed by atoms with Crippen molar-refractivity contribution in [2.75, 3.05) is 0 Å². The normalized spacial score (nSPS) is 12.3. The van der Waals surface area contributed by atoms with Crippen LogP contribution in [-0.4, -0.2) is 20.1 Å². The molecule has 5 nitrogen and oxygen atoms in total. The van der Waals surface area contributed by atoms with Gasteiger partial charge in [-0.1, -0.05) is 12.2 Å². The Balaban J connectivity index is 1.84. The van der Waals surface area contributed by atoms with Crippen LogP contribution in [0.2, 0.25) is 0 Å². The predicted molar refractivity (Wildman–Crippen MR) is 92.6 cm³/mol. The fourth-order valence-electron chi connectivity index (χ4n) is 2.88. The molecule has 0 saturated heterocycles. The Hall–Kier alpha value is -2.64. The summed E-state index contributed by atoms with van der Waals surface area (Å²) in [4.78, 5) is 11.8.